The first-order valence-corrected chi connectivity index (χ1v) is 11.1. The molecule has 0 radical (unpaired) electrons. The van der Waals surface area contributed by atoms with Crippen LogP contribution in [-0.4, -0.2) is 34.5 Å². The SMILES string of the molecule is CCOCc1cc(C(=O)N(Cc2ccccc2)Cc2nc3ccccc3c(=O)[nH]2)ccc1OC. The molecule has 0 bridgehead atoms. The number of aromatic amines is 1. The number of fused-ring (bicyclic) bond motifs is 1. The molecule has 0 fully saturated rings. The van der Waals surface area contributed by atoms with Crippen LogP contribution in [0.4, 0.5) is 0 Å². The summed E-state index contributed by atoms with van der Waals surface area (Å²) >= 11 is 0. The van der Waals surface area contributed by atoms with Gasteiger partial charge in [0, 0.05) is 24.3 Å². The number of carbonyl (C=O) groups is 1. The Hall–Kier alpha value is -3.97. The molecule has 0 saturated heterocycles. The molecule has 7 heteroatoms. The maximum absolute atomic E-state index is 13.7. The van der Waals surface area contributed by atoms with Gasteiger partial charge in [0.2, 0.25) is 0 Å². The fourth-order valence-corrected chi connectivity index (χ4v) is 3.81. The van der Waals surface area contributed by atoms with E-state index < -0.39 is 0 Å². The Morgan fingerprint density at radius 2 is 1.76 bits per heavy atom. The molecule has 174 valence electrons. The van der Waals surface area contributed by atoms with Gasteiger partial charge in [-0.05, 0) is 42.8 Å². The number of hydrogen-bond acceptors (Lipinski definition) is 5. The monoisotopic (exact) mass is 457 g/mol. The van der Waals surface area contributed by atoms with Crippen molar-refractivity contribution in [2.75, 3.05) is 13.7 Å². The van der Waals surface area contributed by atoms with Crippen molar-refractivity contribution in [1.82, 2.24) is 14.9 Å². The van der Waals surface area contributed by atoms with Crippen LogP contribution in [0.15, 0.2) is 77.6 Å². The Labute approximate surface area is 198 Å². The second-order valence-corrected chi connectivity index (χ2v) is 7.84. The summed E-state index contributed by atoms with van der Waals surface area (Å²) in [6.07, 6.45) is 0. The maximum atomic E-state index is 13.7. The van der Waals surface area contributed by atoms with Crippen molar-refractivity contribution in [3.05, 3.63) is 106 Å². The van der Waals surface area contributed by atoms with Gasteiger partial charge < -0.3 is 19.4 Å². The van der Waals surface area contributed by atoms with Crippen LogP contribution in [0.25, 0.3) is 10.9 Å². The molecule has 0 atom stereocenters. The van der Waals surface area contributed by atoms with E-state index in [1.807, 2.05) is 43.3 Å². The molecule has 1 heterocycles. The van der Waals surface area contributed by atoms with E-state index in [1.54, 1.807) is 48.4 Å². The number of carbonyl (C=O) groups excluding carboxylic acids is 1. The van der Waals surface area contributed by atoms with Crippen LogP contribution in [0.1, 0.15) is 34.2 Å². The predicted octanol–water partition coefficient (Wildman–Crippen LogP) is 4.31. The number of aromatic nitrogens is 2. The first-order valence-electron chi connectivity index (χ1n) is 11.1. The van der Waals surface area contributed by atoms with Crippen molar-refractivity contribution in [3.8, 4) is 5.75 Å². The van der Waals surface area contributed by atoms with Crippen molar-refractivity contribution in [2.24, 2.45) is 0 Å². The minimum absolute atomic E-state index is 0.153. The van der Waals surface area contributed by atoms with E-state index in [0.717, 1.165) is 11.1 Å². The molecule has 3 aromatic carbocycles. The Bertz CT molecular complexity index is 1330. The molecule has 1 amide bonds. The zero-order valence-corrected chi connectivity index (χ0v) is 19.3. The minimum Gasteiger partial charge on any atom is -0.496 e. The van der Waals surface area contributed by atoms with Gasteiger partial charge in [0.1, 0.15) is 11.6 Å². The minimum atomic E-state index is -0.226. The van der Waals surface area contributed by atoms with E-state index in [-0.39, 0.29) is 18.0 Å². The predicted molar refractivity (Wildman–Crippen MR) is 131 cm³/mol. The third kappa shape index (κ3) is 5.32. The molecule has 7 nitrogen and oxygen atoms in total. The average Bonchev–Trinajstić information content (AvgIpc) is 2.87. The summed E-state index contributed by atoms with van der Waals surface area (Å²) in [5.74, 6) is 0.913. The number of para-hydroxylation sites is 1. The fraction of sp³-hybridized carbons (Fsp3) is 0.222. The molecule has 1 aromatic heterocycles. The van der Waals surface area contributed by atoms with E-state index in [2.05, 4.69) is 9.97 Å². The lowest BCUT2D eigenvalue weighted by atomic mass is 10.1. The molecular formula is C27H27N3O4. The lowest BCUT2D eigenvalue weighted by Crippen LogP contribution is -2.32. The standard InChI is InChI=1S/C27H27N3O4/c1-3-34-18-21-15-20(13-14-24(21)33-2)27(32)30(16-19-9-5-4-6-10-19)17-25-28-23-12-8-7-11-22(23)26(31)29-25/h4-15H,3,16-18H2,1-2H3,(H,28,29,31). The average molecular weight is 458 g/mol. The van der Waals surface area contributed by atoms with Gasteiger partial charge in [-0.1, -0.05) is 42.5 Å². The summed E-state index contributed by atoms with van der Waals surface area (Å²) in [5, 5.41) is 0.517. The quantitative estimate of drug-likeness (QED) is 0.405. The highest BCUT2D eigenvalue weighted by atomic mass is 16.5. The van der Waals surface area contributed by atoms with Gasteiger partial charge in [-0.3, -0.25) is 9.59 Å². The third-order valence-corrected chi connectivity index (χ3v) is 5.50. The highest BCUT2D eigenvalue weighted by molar-refractivity contribution is 5.94. The van der Waals surface area contributed by atoms with Gasteiger partial charge in [-0.25, -0.2) is 4.98 Å². The summed E-state index contributed by atoms with van der Waals surface area (Å²) in [5.41, 5.74) is 2.65. The molecule has 0 unspecified atom stereocenters. The largest absolute Gasteiger partial charge is 0.496 e. The van der Waals surface area contributed by atoms with E-state index in [1.165, 1.54) is 0 Å². The zero-order chi connectivity index (χ0) is 23.9. The lowest BCUT2D eigenvalue weighted by molar-refractivity contribution is 0.0725. The first kappa shape index (κ1) is 23.2. The van der Waals surface area contributed by atoms with Gasteiger partial charge in [-0.15, -0.1) is 0 Å². The van der Waals surface area contributed by atoms with Crippen LogP contribution in [0.2, 0.25) is 0 Å². The number of amides is 1. The van der Waals surface area contributed by atoms with E-state index in [4.69, 9.17) is 9.47 Å². The maximum Gasteiger partial charge on any atom is 0.258 e. The van der Waals surface area contributed by atoms with E-state index in [9.17, 15) is 9.59 Å². The number of nitrogens with one attached hydrogen (secondary N) is 1. The number of ether oxygens (including phenoxy) is 2. The van der Waals surface area contributed by atoms with Crippen LogP contribution < -0.4 is 10.3 Å². The van der Waals surface area contributed by atoms with Crippen LogP contribution in [0, 0.1) is 0 Å². The smallest absolute Gasteiger partial charge is 0.258 e. The van der Waals surface area contributed by atoms with Crippen LogP contribution in [-0.2, 0) is 24.4 Å². The Morgan fingerprint density at radius 1 is 1.00 bits per heavy atom. The topological polar surface area (TPSA) is 84.5 Å². The Morgan fingerprint density at radius 3 is 2.53 bits per heavy atom. The molecular weight excluding hydrogens is 430 g/mol. The molecule has 0 spiro atoms. The summed E-state index contributed by atoms with van der Waals surface area (Å²) in [4.78, 5) is 35.3. The van der Waals surface area contributed by atoms with Gasteiger partial charge in [0.25, 0.3) is 11.5 Å². The molecule has 0 saturated carbocycles. The zero-order valence-electron chi connectivity index (χ0n) is 19.3. The summed E-state index contributed by atoms with van der Waals surface area (Å²) in [6, 6.07) is 22.2. The number of hydrogen-bond donors (Lipinski definition) is 1. The normalized spacial score (nSPS) is 10.9. The molecule has 0 aliphatic heterocycles. The third-order valence-electron chi connectivity index (χ3n) is 5.50. The fourth-order valence-electron chi connectivity index (χ4n) is 3.81. The van der Waals surface area contributed by atoms with Crippen LogP contribution in [0.3, 0.4) is 0 Å². The van der Waals surface area contributed by atoms with Crippen molar-refractivity contribution in [2.45, 2.75) is 26.6 Å². The number of benzene rings is 3. The highest BCUT2D eigenvalue weighted by Crippen LogP contribution is 2.23. The summed E-state index contributed by atoms with van der Waals surface area (Å²) in [7, 11) is 1.59. The molecule has 34 heavy (non-hydrogen) atoms. The van der Waals surface area contributed by atoms with Crippen molar-refractivity contribution in [3.63, 3.8) is 0 Å². The first-order chi connectivity index (χ1) is 16.6. The van der Waals surface area contributed by atoms with Gasteiger partial charge in [-0.2, -0.15) is 0 Å². The van der Waals surface area contributed by atoms with Crippen molar-refractivity contribution < 1.29 is 14.3 Å². The van der Waals surface area contributed by atoms with Crippen LogP contribution in [0.5, 0.6) is 5.75 Å². The number of H-pyrrole nitrogens is 1. The summed E-state index contributed by atoms with van der Waals surface area (Å²) < 4.78 is 11.0. The van der Waals surface area contributed by atoms with E-state index in [0.29, 0.717) is 47.8 Å². The second kappa shape index (κ2) is 10.8. The Kier molecular flexibility index (Phi) is 7.34. The van der Waals surface area contributed by atoms with Crippen molar-refractivity contribution >= 4 is 16.8 Å². The van der Waals surface area contributed by atoms with Crippen LogP contribution >= 0.6 is 0 Å². The number of rotatable bonds is 9. The molecule has 1 N–H and O–H groups in total. The highest BCUT2D eigenvalue weighted by Gasteiger charge is 2.20. The second-order valence-electron chi connectivity index (χ2n) is 7.84. The lowest BCUT2D eigenvalue weighted by Gasteiger charge is -2.23. The van der Waals surface area contributed by atoms with Gasteiger partial charge in [0.05, 0.1) is 31.2 Å². The molecule has 0 aliphatic carbocycles. The Balaban J connectivity index is 1.69. The van der Waals surface area contributed by atoms with Crippen molar-refractivity contribution in [1.29, 1.82) is 0 Å². The molecule has 0 aliphatic rings. The number of nitrogens with zero attached hydrogens (tertiary/aromatic N) is 2. The molecule has 4 aromatic rings. The van der Waals surface area contributed by atoms with E-state index >= 15 is 0 Å². The van der Waals surface area contributed by atoms with Gasteiger partial charge in [0.15, 0.2) is 0 Å². The summed E-state index contributed by atoms with van der Waals surface area (Å²) in [6.45, 7) is 3.34. The van der Waals surface area contributed by atoms with Gasteiger partial charge >= 0.3 is 0 Å². The molecule has 4 rings (SSSR count). The number of methoxy groups -OCH3 is 1.